The zero-order chi connectivity index (χ0) is 27.9. The van der Waals surface area contributed by atoms with Crippen LogP contribution in [0.2, 0.25) is 0 Å². The van der Waals surface area contributed by atoms with Crippen LogP contribution in [0.5, 0.6) is 0 Å². The van der Waals surface area contributed by atoms with Crippen LogP contribution in [0.4, 0.5) is 11.4 Å². The van der Waals surface area contributed by atoms with E-state index in [1.165, 1.54) is 36.4 Å². The molecule has 2 aromatic carbocycles. The van der Waals surface area contributed by atoms with Gasteiger partial charge >= 0.3 is 11.9 Å². The number of rotatable bonds is 9. The van der Waals surface area contributed by atoms with Gasteiger partial charge in [-0.1, -0.05) is 23.5 Å². The zero-order valence-electron chi connectivity index (χ0n) is 19.7. The number of ether oxygens (including phenoxy) is 2. The normalized spacial score (nSPS) is 18.9. The molecule has 0 bridgehead atoms. The molecule has 1 aliphatic heterocycles. The van der Waals surface area contributed by atoms with Crippen LogP contribution < -0.4 is 0 Å². The number of nitrogens with one attached hydrogen (secondary N) is 2. The van der Waals surface area contributed by atoms with Crippen molar-refractivity contribution in [2.75, 3.05) is 12.4 Å². The van der Waals surface area contributed by atoms with Gasteiger partial charge in [-0.15, -0.1) is 0 Å². The number of H-pyrrole nitrogens is 2. The zero-order valence-corrected chi connectivity index (χ0v) is 21.4. The fourth-order valence-electron chi connectivity index (χ4n) is 3.89. The van der Waals surface area contributed by atoms with E-state index in [1.807, 2.05) is 0 Å². The quantitative estimate of drug-likeness (QED) is 0.0971. The summed E-state index contributed by atoms with van der Waals surface area (Å²) in [7, 11) is 0. The molecule has 39 heavy (non-hydrogen) atoms. The molecule has 0 aliphatic carbocycles. The highest BCUT2D eigenvalue weighted by Crippen LogP contribution is 2.42. The van der Waals surface area contributed by atoms with Crippen molar-refractivity contribution in [2.24, 2.45) is 0 Å². The van der Waals surface area contributed by atoms with Crippen molar-refractivity contribution in [1.82, 2.24) is 19.9 Å². The predicted octanol–water partition coefficient (Wildman–Crippen LogP) is 2.94. The van der Waals surface area contributed by atoms with Gasteiger partial charge in [-0.05, 0) is 19.1 Å². The summed E-state index contributed by atoms with van der Waals surface area (Å²) < 4.78 is 10.5. The molecule has 0 spiro atoms. The number of esters is 2. The molecule has 15 nitrogen and oxygen atoms in total. The fraction of sp³-hybridized carbons (Fsp3) is 0.227. The summed E-state index contributed by atoms with van der Waals surface area (Å²) in [6, 6.07) is 8.02. The standard InChI is InChI=1S/C22H16N6O9S2/c1-2-36-19(31)22(9-38-20-23-12-5-3-10(27(32)33)7-14(12)25-20)17(16(29)18(30)37-22)39-21-24-13-6-4-11(28(34)35)8-15(13)26-21/h3-8,17H,2,9H2,1H3,(H,23,25)(H,24,26). The Bertz CT molecular complexity index is 1680. The molecule has 1 aliphatic rings. The van der Waals surface area contributed by atoms with E-state index in [0.717, 1.165) is 23.5 Å². The molecule has 2 aromatic heterocycles. The van der Waals surface area contributed by atoms with Gasteiger partial charge in [-0.25, -0.2) is 19.6 Å². The van der Waals surface area contributed by atoms with Crippen molar-refractivity contribution in [2.45, 2.75) is 28.1 Å². The molecule has 1 fully saturated rings. The van der Waals surface area contributed by atoms with Crippen LogP contribution in [0.1, 0.15) is 6.92 Å². The second-order valence-corrected chi connectivity index (χ2v) is 10.2. The predicted molar refractivity (Wildman–Crippen MR) is 136 cm³/mol. The Labute approximate surface area is 225 Å². The number of aromatic nitrogens is 4. The molecule has 5 rings (SSSR count). The minimum atomic E-state index is -2.06. The first kappa shape index (κ1) is 26.1. The third kappa shape index (κ3) is 4.76. The lowest BCUT2D eigenvalue weighted by Crippen LogP contribution is -2.51. The average molecular weight is 573 g/mol. The highest BCUT2D eigenvalue weighted by atomic mass is 32.2. The number of aromatic amines is 2. The number of cyclic esters (lactones) is 1. The number of nitrogens with zero attached hydrogens (tertiary/aromatic N) is 4. The highest BCUT2D eigenvalue weighted by molar-refractivity contribution is 8.01. The van der Waals surface area contributed by atoms with E-state index in [1.54, 1.807) is 6.92 Å². The van der Waals surface area contributed by atoms with Gasteiger partial charge < -0.3 is 19.4 Å². The lowest BCUT2D eigenvalue weighted by Gasteiger charge is -2.28. The Morgan fingerprint density at radius 1 is 1.03 bits per heavy atom. The van der Waals surface area contributed by atoms with Crippen molar-refractivity contribution in [3.05, 3.63) is 56.6 Å². The van der Waals surface area contributed by atoms with Crippen LogP contribution in [0.25, 0.3) is 22.1 Å². The van der Waals surface area contributed by atoms with Crippen LogP contribution in [-0.2, 0) is 23.9 Å². The van der Waals surface area contributed by atoms with E-state index in [-0.39, 0.29) is 34.0 Å². The van der Waals surface area contributed by atoms with Crippen LogP contribution in [0.3, 0.4) is 0 Å². The van der Waals surface area contributed by atoms with E-state index in [9.17, 15) is 34.6 Å². The van der Waals surface area contributed by atoms with Crippen LogP contribution in [0.15, 0.2) is 46.7 Å². The van der Waals surface area contributed by atoms with E-state index >= 15 is 0 Å². The number of non-ortho nitro benzene ring substituents is 2. The smallest absolute Gasteiger partial charge is 0.377 e. The molecule has 200 valence electrons. The number of hydrogen-bond acceptors (Lipinski definition) is 13. The lowest BCUT2D eigenvalue weighted by atomic mass is 10.0. The first-order chi connectivity index (χ1) is 18.6. The SMILES string of the molecule is CCOC(=O)C1(CSc2nc3ccc([N+](=O)[O-])cc3[nH]2)OC(=O)C(=O)C1Sc1nc2ccc([N+](=O)[O-])cc2[nH]1. The Balaban J connectivity index is 1.47. The number of hydrogen-bond donors (Lipinski definition) is 2. The number of thioether (sulfide) groups is 2. The summed E-state index contributed by atoms with van der Waals surface area (Å²) in [5, 5.41) is 21.1. The maximum Gasteiger partial charge on any atom is 0.377 e. The van der Waals surface area contributed by atoms with E-state index in [2.05, 4.69) is 19.9 Å². The molecule has 17 heteroatoms. The molecular formula is C22H16N6O9S2. The van der Waals surface area contributed by atoms with E-state index in [4.69, 9.17) is 9.47 Å². The largest absolute Gasteiger partial charge is 0.463 e. The number of benzene rings is 2. The number of ketones is 1. The van der Waals surface area contributed by atoms with Gasteiger partial charge in [-0.2, -0.15) is 0 Å². The van der Waals surface area contributed by atoms with Crippen LogP contribution in [0, 0.1) is 20.2 Å². The minimum Gasteiger partial charge on any atom is -0.463 e. The summed E-state index contributed by atoms with van der Waals surface area (Å²) >= 11 is 1.71. The van der Waals surface area contributed by atoms with Gasteiger partial charge in [0.05, 0.1) is 44.3 Å². The molecular weight excluding hydrogens is 556 g/mol. The number of fused-ring (bicyclic) bond motifs is 2. The minimum absolute atomic E-state index is 0.0585. The molecule has 4 aromatic rings. The van der Waals surface area contributed by atoms with Crippen LogP contribution >= 0.6 is 23.5 Å². The van der Waals surface area contributed by atoms with Gasteiger partial charge in [0.1, 0.15) is 5.25 Å². The molecule has 0 radical (unpaired) electrons. The Kier molecular flexibility index (Phi) is 6.69. The van der Waals surface area contributed by atoms with Gasteiger partial charge in [0, 0.05) is 24.3 Å². The summed E-state index contributed by atoms with van der Waals surface area (Å²) in [4.78, 5) is 74.0. The number of nitro benzene ring substituents is 2. The number of nitro groups is 2. The molecule has 2 atom stereocenters. The number of carbonyl (C=O) groups excluding carboxylic acids is 3. The maximum absolute atomic E-state index is 13.2. The van der Waals surface area contributed by atoms with Gasteiger partial charge in [0.15, 0.2) is 10.3 Å². The average Bonchev–Trinajstić information content (AvgIpc) is 3.57. The van der Waals surface area contributed by atoms with Gasteiger partial charge in [0.2, 0.25) is 5.60 Å². The third-order valence-corrected chi connectivity index (χ3v) is 8.01. The topological polar surface area (TPSA) is 213 Å². The number of Topliss-reactive ketones (excluding diaryl/α,β-unsaturated/α-hetero) is 1. The first-order valence-corrected chi connectivity index (χ1v) is 13.0. The second-order valence-electron chi connectivity index (χ2n) is 8.15. The fourth-order valence-corrected chi connectivity index (χ4v) is 6.20. The molecule has 3 heterocycles. The van der Waals surface area contributed by atoms with Crippen molar-refractivity contribution in [3.8, 4) is 0 Å². The first-order valence-electron chi connectivity index (χ1n) is 11.1. The molecule has 2 unspecified atom stereocenters. The van der Waals surface area contributed by atoms with E-state index in [0.29, 0.717) is 22.1 Å². The molecule has 1 saturated heterocycles. The van der Waals surface area contributed by atoms with Crippen molar-refractivity contribution in [3.63, 3.8) is 0 Å². The summed E-state index contributed by atoms with van der Waals surface area (Å²) in [6.07, 6.45) is 0. The van der Waals surface area contributed by atoms with Crippen molar-refractivity contribution >= 4 is 74.7 Å². The van der Waals surface area contributed by atoms with Crippen molar-refractivity contribution in [1.29, 1.82) is 0 Å². The Hall–Kier alpha value is -4.51. The lowest BCUT2D eigenvalue weighted by molar-refractivity contribution is -0.384. The van der Waals surface area contributed by atoms with E-state index < -0.39 is 38.4 Å². The molecule has 0 saturated carbocycles. The molecule has 2 N–H and O–H groups in total. The van der Waals surface area contributed by atoms with Gasteiger partial charge in [-0.3, -0.25) is 25.0 Å². The second kappa shape index (κ2) is 9.99. The van der Waals surface area contributed by atoms with Crippen molar-refractivity contribution < 1.29 is 33.7 Å². The summed E-state index contributed by atoms with van der Waals surface area (Å²) in [6.45, 7) is 1.49. The maximum atomic E-state index is 13.2. The summed E-state index contributed by atoms with van der Waals surface area (Å²) in [5.41, 5.74) is -0.894. The Morgan fingerprint density at radius 3 is 2.15 bits per heavy atom. The van der Waals surface area contributed by atoms with Gasteiger partial charge in [0.25, 0.3) is 17.2 Å². The third-order valence-electron chi connectivity index (χ3n) is 5.72. The van der Waals surface area contributed by atoms with Crippen LogP contribution in [-0.4, -0.2) is 70.7 Å². The highest BCUT2D eigenvalue weighted by Gasteiger charge is 2.62. The summed E-state index contributed by atoms with van der Waals surface area (Å²) in [5.74, 6) is -3.45. The number of imidazole rings is 2. The monoisotopic (exact) mass is 572 g/mol. The molecule has 0 amide bonds. The number of carbonyl (C=O) groups is 3. The Morgan fingerprint density at radius 2 is 1.59 bits per heavy atom.